The van der Waals surface area contributed by atoms with Crippen molar-refractivity contribution in [3.05, 3.63) is 34.4 Å². The molecule has 0 radical (unpaired) electrons. The third-order valence-electron chi connectivity index (χ3n) is 4.46. The van der Waals surface area contributed by atoms with Crippen molar-refractivity contribution in [2.24, 2.45) is 5.92 Å². The fourth-order valence-electron chi connectivity index (χ4n) is 3.29. The van der Waals surface area contributed by atoms with Crippen LogP contribution in [0.5, 0.6) is 0 Å². The summed E-state index contributed by atoms with van der Waals surface area (Å²) in [5.74, 6) is -0.477. The van der Waals surface area contributed by atoms with Crippen molar-refractivity contribution in [3.8, 4) is 0 Å². The Labute approximate surface area is 142 Å². The predicted molar refractivity (Wildman–Crippen MR) is 91.5 cm³/mol. The van der Waals surface area contributed by atoms with Crippen molar-refractivity contribution in [3.63, 3.8) is 0 Å². The minimum Gasteiger partial charge on any atom is -0.481 e. The molecule has 0 saturated carbocycles. The first-order chi connectivity index (χ1) is 11.1. The fourth-order valence-corrected chi connectivity index (χ4v) is 3.87. The highest BCUT2D eigenvalue weighted by atomic mass is 79.9. The number of halogens is 1. The Morgan fingerprint density at radius 2 is 2.22 bits per heavy atom. The second-order valence-corrected chi connectivity index (χ2v) is 6.91. The topological polar surface area (TPSA) is 73.4 Å². The van der Waals surface area contributed by atoms with E-state index in [0.29, 0.717) is 18.5 Å². The van der Waals surface area contributed by atoms with Gasteiger partial charge in [-0.1, -0.05) is 22.0 Å². The molecule has 1 saturated heterocycles. The van der Waals surface area contributed by atoms with Crippen LogP contribution in [-0.4, -0.2) is 40.0 Å². The second kappa shape index (κ2) is 6.74. The van der Waals surface area contributed by atoms with Gasteiger partial charge in [-0.2, -0.15) is 0 Å². The molecule has 0 bridgehead atoms. The lowest BCUT2D eigenvalue weighted by atomic mass is 9.93. The van der Waals surface area contributed by atoms with Gasteiger partial charge in [0, 0.05) is 41.1 Å². The molecular weight excluding hydrogens is 360 g/mol. The van der Waals surface area contributed by atoms with E-state index in [-0.39, 0.29) is 18.2 Å². The maximum atomic E-state index is 12.9. The van der Waals surface area contributed by atoms with Gasteiger partial charge in [-0.25, -0.2) is 0 Å². The van der Waals surface area contributed by atoms with Crippen LogP contribution < -0.4 is 0 Å². The third-order valence-corrected chi connectivity index (χ3v) is 5.12. The fraction of sp³-hybridized carbons (Fsp3) is 0.412. The lowest BCUT2D eigenvalue weighted by Gasteiger charge is -2.32. The van der Waals surface area contributed by atoms with Crippen LogP contribution >= 0.6 is 15.9 Å². The number of aromatic amines is 1. The minimum absolute atomic E-state index is 0.0168. The number of benzene rings is 1. The summed E-state index contributed by atoms with van der Waals surface area (Å²) in [6.07, 6.45) is 4.49. The normalized spacial score (nSPS) is 18.3. The molecule has 23 heavy (non-hydrogen) atoms. The number of amides is 1. The number of nitrogens with zero attached hydrogens (tertiary/aromatic N) is 1. The summed E-state index contributed by atoms with van der Waals surface area (Å²) in [5.41, 5.74) is 1.61. The molecule has 0 aliphatic carbocycles. The van der Waals surface area contributed by atoms with Gasteiger partial charge in [0.15, 0.2) is 0 Å². The number of H-pyrrole nitrogens is 1. The van der Waals surface area contributed by atoms with Crippen LogP contribution in [0.3, 0.4) is 0 Å². The van der Waals surface area contributed by atoms with Crippen molar-refractivity contribution < 1.29 is 14.7 Å². The molecule has 2 aromatic rings. The smallest absolute Gasteiger partial charge is 0.303 e. The number of fused-ring (bicyclic) bond motifs is 1. The number of likely N-dealkylation sites (tertiary alicyclic amines) is 1. The zero-order chi connectivity index (χ0) is 16.4. The Morgan fingerprint density at radius 1 is 1.39 bits per heavy atom. The Balaban J connectivity index is 1.77. The number of carboxylic acid groups (broad SMARTS) is 1. The van der Waals surface area contributed by atoms with Crippen LogP contribution in [0.4, 0.5) is 0 Å². The third kappa shape index (κ3) is 3.42. The molecule has 122 valence electrons. The van der Waals surface area contributed by atoms with E-state index in [1.54, 1.807) is 6.20 Å². The van der Waals surface area contributed by atoms with E-state index in [4.69, 9.17) is 5.11 Å². The predicted octanol–water partition coefficient (Wildman–Crippen LogP) is 3.65. The quantitative estimate of drug-likeness (QED) is 0.852. The summed E-state index contributed by atoms with van der Waals surface area (Å²) in [7, 11) is 0. The number of hydrogen-bond acceptors (Lipinski definition) is 2. The van der Waals surface area contributed by atoms with E-state index < -0.39 is 5.97 Å². The average molecular weight is 379 g/mol. The maximum absolute atomic E-state index is 12.9. The summed E-state index contributed by atoms with van der Waals surface area (Å²) in [4.78, 5) is 28.6. The van der Waals surface area contributed by atoms with Crippen LogP contribution in [-0.2, 0) is 4.79 Å². The van der Waals surface area contributed by atoms with Gasteiger partial charge in [0.2, 0.25) is 0 Å². The molecule has 1 amide bonds. The van der Waals surface area contributed by atoms with E-state index in [9.17, 15) is 9.59 Å². The molecule has 1 aliphatic heterocycles. The van der Waals surface area contributed by atoms with Gasteiger partial charge in [-0.05, 0) is 37.3 Å². The number of hydrogen-bond donors (Lipinski definition) is 2. The first-order valence-electron chi connectivity index (χ1n) is 7.83. The largest absolute Gasteiger partial charge is 0.481 e. The van der Waals surface area contributed by atoms with Gasteiger partial charge in [0.05, 0.1) is 5.56 Å². The van der Waals surface area contributed by atoms with Crippen molar-refractivity contribution >= 4 is 38.7 Å². The monoisotopic (exact) mass is 378 g/mol. The standard InChI is InChI=1S/C17H19BrN2O3/c18-13-4-1-5-14-16(13)12(9-19-14)17(23)20-8-2-3-11(10-20)6-7-15(21)22/h1,4-5,9,11,19H,2-3,6-8,10H2,(H,21,22). The molecular formula is C17H19BrN2O3. The first kappa shape index (κ1) is 16.1. The van der Waals surface area contributed by atoms with Gasteiger partial charge in [0.1, 0.15) is 0 Å². The summed E-state index contributed by atoms with van der Waals surface area (Å²) in [6, 6.07) is 5.81. The second-order valence-electron chi connectivity index (χ2n) is 6.06. The Bertz CT molecular complexity index is 741. The van der Waals surface area contributed by atoms with E-state index in [0.717, 1.165) is 34.8 Å². The molecule has 5 nitrogen and oxygen atoms in total. The van der Waals surface area contributed by atoms with E-state index >= 15 is 0 Å². The maximum Gasteiger partial charge on any atom is 0.303 e. The molecule has 3 rings (SSSR count). The summed E-state index contributed by atoms with van der Waals surface area (Å²) in [6.45, 7) is 1.38. The van der Waals surface area contributed by atoms with Crippen LogP contribution in [0, 0.1) is 5.92 Å². The molecule has 0 spiro atoms. The molecule has 2 N–H and O–H groups in total. The zero-order valence-corrected chi connectivity index (χ0v) is 14.3. The molecule has 1 unspecified atom stereocenters. The van der Waals surface area contributed by atoms with Gasteiger partial charge in [-0.3, -0.25) is 9.59 Å². The Morgan fingerprint density at radius 3 is 3.00 bits per heavy atom. The number of carboxylic acids is 1. The SMILES string of the molecule is O=C(O)CCC1CCCN(C(=O)c2c[nH]c3cccc(Br)c23)C1. The summed E-state index contributed by atoms with van der Waals surface area (Å²) < 4.78 is 0.902. The number of nitrogens with one attached hydrogen (secondary N) is 1. The molecule has 1 aliphatic rings. The van der Waals surface area contributed by atoms with Crippen molar-refractivity contribution in [1.29, 1.82) is 0 Å². The average Bonchev–Trinajstić information content (AvgIpc) is 2.98. The summed E-state index contributed by atoms with van der Waals surface area (Å²) in [5, 5.41) is 9.74. The number of aliphatic carboxylic acids is 1. The first-order valence-corrected chi connectivity index (χ1v) is 8.62. The molecule has 1 atom stereocenters. The van der Waals surface area contributed by atoms with Crippen molar-refractivity contribution in [2.45, 2.75) is 25.7 Å². The number of aromatic nitrogens is 1. The van der Waals surface area contributed by atoms with Crippen molar-refractivity contribution in [2.75, 3.05) is 13.1 Å². The minimum atomic E-state index is -0.769. The van der Waals surface area contributed by atoms with E-state index in [1.165, 1.54) is 0 Å². The molecule has 1 aromatic carbocycles. The van der Waals surface area contributed by atoms with Crippen molar-refractivity contribution in [1.82, 2.24) is 9.88 Å². The highest BCUT2D eigenvalue weighted by Gasteiger charge is 2.26. The van der Waals surface area contributed by atoms with Gasteiger partial charge >= 0.3 is 5.97 Å². The molecule has 6 heteroatoms. The van der Waals surface area contributed by atoms with Crippen LogP contribution in [0.15, 0.2) is 28.9 Å². The van der Waals surface area contributed by atoms with E-state index in [2.05, 4.69) is 20.9 Å². The highest BCUT2D eigenvalue weighted by Crippen LogP contribution is 2.29. The Kier molecular flexibility index (Phi) is 4.71. The van der Waals surface area contributed by atoms with Crippen LogP contribution in [0.25, 0.3) is 10.9 Å². The van der Waals surface area contributed by atoms with Gasteiger partial charge in [0.25, 0.3) is 5.91 Å². The number of carbonyl (C=O) groups is 2. The number of piperidine rings is 1. The molecule has 1 aromatic heterocycles. The summed E-state index contributed by atoms with van der Waals surface area (Å²) >= 11 is 3.52. The highest BCUT2D eigenvalue weighted by molar-refractivity contribution is 9.10. The van der Waals surface area contributed by atoms with Crippen LogP contribution in [0.1, 0.15) is 36.0 Å². The molecule has 2 heterocycles. The zero-order valence-electron chi connectivity index (χ0n) is 12.7. The van der Waals surface area contributed by atoms with Crippen LogP contribution in [0.2, 0.25) is 0 Å². The lowest BCUT2D eigenvalue weighted by Crippen LogP contribution is -2.40. The number of rotatable bonds is 4. The number of carbonyl (C=O) groups excluding carboxylic acids is 1. The van der Waals surface area contributed by atoms with E-state index in [1.807, 2.05) is 23.1 Å². The Hall–Kier alpha value is -1.82. The van der Waals surface area contributed by atoms with Gasteiger partial charge in [-0.15, -0.1) is 0 Å². The molecule has 1 fully saturated rings. The lowest BCUT2D eigenvalue weighted by molar-refractivity contribution is -0.137. The van der Waals surface area contributed by atoms with Gasteiger partial charge < -0.3 is 15.0 Å².